The van der Waals surface area contributed by atoms with Gasteiger partial charge in [-0.1, -0.05) is 12.1 Å². The first-order valence-corrected chi connectivity index (χ1v) is 8.26. The van der Waals surface area contributed by atoms with Gasteiger partial charge in [0.1, 0.15) is 0 Å². The Kier molecular flexibility index (Phi) is 4.63. The lowest BCUT2D eigenvalue weighted by atomic mass is 10.0. The normalized spacial score (nSPS) is 26.0. The molecule has 3 nitrogen and oxygen atoms in total. The molecule has 1 aromatic rings. The smallest absolute Gasteiger partial charge is 0.0827 e. The minimum atomic E-state index is 0.353. The summed E-state index contributed by atoms with van der Waals surface area (Å²) in [7, 11) is 0. The van der Waals surface area contributed by atoms with Crippen molar-refractivity contribution in [2.75, 3.05) is 26.2 Å². The molecule has 3 heteroatoms. The Morgan fingerprint density at radius 1 is 1.19 bits per heavy atom. The van der Waals surface area contributed by atoms with Crippen LogP contribution in [0.5, 0.6) is 0 Å². The average Bonchev–Trinajstić information content (AvgIpc) is 2.92. The number of rotatable bonds is 4. The van der Waals surface area contributed by atoms with Crippen molar-refractivity contribution >= 4 is 0 Å². The summed E-state index contributed by atoms with van der Waals surface area (Å²) in [6, 6.07) is 5.30. The van der Waals surface area contributed by atoms with Crippen LogP contribution < -0.4 is 5.32 Å². The van der Waals surface area contributed by atoms with E-state index in [9.17, 15) is 0 Å². The van der Waals surface area contributed by atoms with Gasteiger partial charge in [0.05, 0.1) is 12.7 Å². The third-order valence-electron chi connectivity index (χ3n) is 5.10. The van der Waals surface area contributed by atoms with E-state index in [-0.39, 0.29) is 0 Å². The van der Waals surface area contributed by atoms with Crippen LogP contribution in [-0.4, -0.2) is 43.3 Å². The van der Waals surface area contributed by atoms with Gasteiger partial charge in [-0.05, 0) is 62.4 Å². The molecule has 2 aliphatic heterocycles. The summed E-state index contributed by atoms with van der Waals surface area (Å²) in [4.78, 5) is 2.61. The molecule has 1 N–H and O–H groups in total. The van der Waals surface area contributed by atoms with Crippen LogP contribution in [0.4, 0.5) is 0 Å². The maximum absolute atomic E-state index is 6.00. The molecule has 0 saturated carbocycles. The molecule has 0 aromatic heterocycles. The number of fused-ring (bicyclic) bond motifs is 1. The van der Waals surface area contributed by atoms with E-state index in [1.807, 2.05) is 0 Å². The molecule has 0 spiro atoms. The molecule has 1 aromatic carbocycles. The highest BCUT2D eigenvalue weighted by molar-refractivity contribution is 5.36. The van der Waals surface area contributed by atoms with E-state index in [1.54, 1.807) is 0 Å². The number of aryl methyl sites for hydroxylation is 3. The van der Waals surface area contributed by atoms with E-state index in [1.165, 1.54) is 41.6 Å². The zero-order valence-corrected chi connectivity index (χ0v) is 13.6. The molecule has 2 fully saturated rings. The Bertz CT molecular complexity index is 500. The highest BCUT2D eigenvalue weighted by atomic mass is 16.5. The molecular formula is C18H28N2O. The fourth-order valence-electron chi connectivity index (χ4n) is 3.59. The summed E-state index contributed by atoms with van der Waals surface area (Å²) in [6.07, 6.45) is 3.02. The van der Waals surface area contributed by atoms with E-state index in [0.717, 1.165) is 26.2 Å². The fraction of sp³-hybridized carbons (Fsp3) is 0.667. The number of hydrogen-bond acceptors (Lipinski definition) is 3. The van der Waals surface area contributed by atoms with Gasteiger partial charge in [-0.2, -0.15) is 0 Å². The second-order valence-electron chi connectivity index (χ2n) is 6.74. The van der Waals surface area contributed by atoms with Crippen molar-refractivity contribution in [3.63, 3.8) is 0 Å². The van der Waals surface area contributed by atoms with E-state index in [4.69, 9.17) is 4.74 Å². The quantitative estimate of drug-likeness (QED) is 0.921. The van der Waals surface area contributed by atoms with E-state index < -0.39 is 0 Å². The number of morpholine rings is 1. The predicted molar refractivity (Wildman–Crippen MR) is 86.7 cm³/mol. The van der Waals surface area contributed by atoms with Crippen LogP contribution in [0.15, 0.2) is 12.1 Å². The van der Waals surface area contributed by atoms with Crippen molar-refractivity contribution in [1.29, 1.82) is 0 Å². The summed E-state index contributed by atoms with van der Waals surface area (Å²) < 4.78 is 6.00. The van der Waals surface area contributed by atoms with Crippen LogP contribution in [0.3, 0.4) is 0 Å². The van der Waals surface area contributed by atoms with Gasteiger partial charge in [-0.15, -0.1) is 0 Å². The van der Waals surface area contributed by atoms with Gasteiger partial charge in [-0.25, -0.2) is 0 Å². The molecular weight excluding hydrogens is 260 g/mol. The standard InChI is InChI=1S/C18H28N2O/c1-13-7-15(3)16(8-14(13)2)9-19-10-18-11-20-6-4-5-17(20)12-21-18/h7-8,17-19H,4-6,9-12H2,1-3H3. The van der Waals surface area contributed by atoms with Crippen LogP contribution in [0.25, 0.3) is 0 Å². The first-order chi connectivity index (χ1) is 10.1. The van der Waals surface area contributed by atoms with Crippen molar-refractivity contribution in [2.45, 2.75) is 52.3 Å². The van der Waals surface area contributed by atoms with Crippen molar-refractivity contribution in [1.82, 2.24) is 10.2 Å². The molecule has 2 saturated heterocycles. The summed E-state index contributed by atoms with van der Waals surface area (Å²) in [5, 5.41) is 3.59. The molecule has 0 bridgehead atoms. The second-order valence-corrected chi connectivity index (χ2v) is 6.74. The van der Waals surface area contributed by atoms with Crippen molar-refractivity contribution in [3.8, 4) is 0 Å². The lowest BCUT2D eigenvalue weighted by Gasteiger charge is -2.35. The maximum atomic E-state index is 6.00. The lowest BCUT2D eigenvalue weighted by molar-refractivity contribution is -0.0470. The van der Waals surface area contributed by atoms with Gasteiger partial charge in [-0.3, -0.25) is 4.90 Å². The van der Waals surface area contributed by atoms with Crippen LogP contribution >= 0.6 is 0 Å². The molecule has 3 rings (SSSR count). The van der Waals surface area contributed by atoms with Crippen molar-refractivity contribution < 1.29 is 4.74 Å². The lowest BCUT2D eigenvalue weighted by Crippen LogP contribution is -2.49. The van der Waals surface area contributed by atoms with E-state index >= 15 is 0 Å². The Labute approximate surface area is 128 Å². The summed E-state index contributed by atoms with van der Waals surface area (Å²) in [5.74, 6) is 0. The Hall–Kier alpha value is -0.900. The topological polar surface area (TPSA) is 24.5 Å². The Morgan fingerprint density at radius 3 is 2.86 bits per heavy atom. The number of benzene rings is 1. The SMILES string of the molecule is Cc1cc(C)c(CNCC2CN3CCCC3CO2)cc1C. The van der Waals surface area contributed by atoms with Gasteiger partial charge in [0.2, 0.25) is 0 Å². The third-order valence-corrected chi connectivity index (χ3v) is 5.10. The van der Waals surface area contributed by atoms with Gasteiger partial charge < -0.3 is 10.1 Å². The summed E-state index contributed by atoms with van der Waals surface area (Å²) in [5.41, 5.74) is 5.56. The minimum absolute atomic E-state index is 0.353. The van der Waals surface area contributed by atoms with Crippen LogP contribution in [0, 0.1) is 20.8 Å². The molecule has 21 heavy (non-hydrogen) atoms. The minimum Gasteiger partial charge on any atom is -0.374 e. The number of nitrogens with one attached hydrogen (secondary N) is 1. The summed E-state index contributed by atoms with van der Waals surface area (Å²) in [6.45, 7) is 11.8. The monoisotopic (exact) mass is 288 g/mol. The number of hydrogen-bond donors (Lipinski definition) is 1. The van der Waals surface area contributed by atoms with Crippen LogP contribution in [0.2, 0.25) is 0 Å². The van der Waals surface area contributed by atoms with Gasteiger partial charge in [0, 0.05) is 25.7 Å². The molecule has 116 valence electrons. The average molecular weight is 288 g/mol. The van der Waals surface area contributed by atoms with Gasteiger partial charge in [0.15, 0.2) is 0 Å². The third kappa shape index (κ3) is 3.47. The second kappa shape index (κ2) is 6.47. The number of ether oxygens (including phenoxy) is 1. The van der Waals surface area contributed by atoms with Gasteiger partial charge >= 0.3 is 0 Å². The Balaban J connectivity index is 1.49. The highest BCUT2D eigenvalue weighted by Gasteiger charge is 2.31. The first kappa shape index (κ1) is 15.0. The predicted octanol–water partition coefficient (Wildman–Crippen LogP) is 2.56. The molecule has 2 unspecified atom stereocenters. The fourth-order valence-corrected chi connectivity index (χ4v) is 3.59. The van der Waals surface area contributed by atoms with Crippen molar-refractivity contribution in [2.24, 2.45) is 0 Å². The number of nitrogens with zero attached hydrogens (tertiary/aromatic N) is 1. The zero-order valence-electron chi connectivity index (χ0n) is 13.6. The van der Waals surface area contributed by atoms with E-state index in [2.05, 4.69) is 43.1 Å². The van der Waals surface area contributed by atoms with Crippen molar-refractivity contribution in [3.05, 3.63) is 34.4 Å². The first-order valence-electron chi connectivity index (χ1n) is 8.26. The van der Waals surface area contributed by atoms with Crippen LogP contribution in [0.1, 0.15) is 35.1 Å². The zero-order chi connectivity index (χ0) is 14.8. The van der Waals surface area contributed by atoms with Crippen LogP contribution in [-0.2, 0) is 11.3 Å². The highest BCUT2D eigenvalue weighted by Crippen LogP contribution is 2.22. The summed E-state index contributed by atoms with van der Waals surface area (Å²) >= 11 is 0. The molecule has 0 aliphatic carbocycles. The molecule has 0 radical (unpaired) electrons. The maximum Gasteiger partial charge on any atom is 0.0827 e. The molecule has 2 atom stereocenters. The largest absolute Gasteiger partial charge is 0.374 e. The molecule has 0 amide bonds. The van der Waals surface area contributed by atoms with Gasteiger partial charge in [0.25, 0.3) is 0 Å². The van der Waals surface area contributed by atoms with E-state index in [0.29, 0.717) is 12.1 Å². The molecule has 2 aliphatic rings. The Morgan fingerprint density at radius 2 is 2.00 bits per heavy atom. The molecule has 2 heterocycles.